The van der Waals surface area contributed by atoms with E-state index in [9.17, 15) is 4.79 Å². The molecule has 1 heterocycles. The number of nitrogens with zero attached hydrogens (tertiary/aromatic N) is 2. The Morgan fingerprint density at radius 1 is 1.53 bits per heavy atom. The van der Waals surface area contributed by atoms with E-state index in [-0.39, 0.29) is 11.8 Å². The van der Waals surface area contributed by atoms with Crippen LogP contribution in [0.1, 0.15) is 23.6 Å². The van der Waals surface area contributed by atoms with Crippen LogP contribution in [0.2, 0.25) is 0 Å². The maximum absolute atomic E-state index is 11.7. The summed E-state index contributed by atoms with van der Waals surface area (Å²) in [5.41, 5.74) is 0. The van der Waals surface area contributed by atoms with Gasteiger partial charge in [-0.1, -0.05) is 18.3 Å². The molecule has 0 aliphatic rings. The molecule has 1 atom stereocenters. The standard InChI is InChI=1S/C10H18N4O2S/c1-4-11-10-14-13-9(17-10)8(15)12-5-7(2)6-16-3/h7H,4-6H2,1-3H3,(H,11,14)(H,12,15). The van der Waals surface area contributed by atoms with Gasteiger partial charge in [-0.15, -0.1) is 10.2 Å². The number of carbonyl (C=O) groups excluding carboxylic acids is 1. The van der Waals surface area contributed by atoms with Crippen LogP contribution in [0.3, 0.4) is 0 Å². The Morgan fingerprint density at radius 2 is 2.29 bits per heavy atom. The van der Waals surface area contributed by atoms with Gasteiger partial charge in [-0.05, 0) is 12.8 Å². The van der Waals surface area contributed by atoms with Gasteiger partial charge in [-0.3, -0.25) is 4.79 Å². The third kappa shape index (κ3) is 4.66. The van der Waals surface area contributed by atoms with E-state index in [0.717, 1.165) is 6.54 Å². The predicted molar refractivity (Wildman–Crippen MR) is 67.4 cm³/mol. The van der Waals surface area contributed by atoms with Gasteiger partial charge in [0.25, 0.3) is 5.91 Å². The Labute approximate surface area is 105 Å². The first-order valence-corrected chi connectivity index (χ1v) is 6.33. The molecule has 1 aromatic heterocycles. The molecule has 0 saturated carbocycles. The number of nitrogens with one attached hydrogen (secondary N) is 2. The second-order valence-corrected chi connectivity index (χ2v) is 4.69. The smallest absolute Gasteiger partial charge is 0.282 e. The number of hydrogen-bond donors (Lipinski definition) is 2. The minimum atomic E-state index is -0.186. The van der Waals surface area contributed by atoms with Crippen molar-refractivity contribution in [3.05, 3.63) is 5.01 Å². The van der Waals surface area contributed by atoms with E-state index in [1.165, 1.54) is 11.3 Å². The first kappa shape index (κ1) is 13.9. The molecular weight excluding hydrogens is 240 g/mol. The van der Waals surface area contributed by atoms with Gasteiger partial charge in [0.2, 0.25) is 10.1 Å². The number of anilines is 1. The number of methoxy groups -OCH3 is 1. The Bertz CT molecular complexity index is 356. The number of aromatic nitrogens is 2. The quantitative estimate of drug-likeness (QED) is 0.762. The third-order valence-electron chi connectivity index (χ3n) is 2.01. The number of hydrogen-bond acceptors (Lipinski definition) is 6. The van der Waals surface area contributed by atoms with E-state index in [0.29, 0.717) is 23.3 Å². The van der Waals surface area contributed by atoms with Crippen LogP contribution in [0, 0.1) is 5.92 Å². The van der Waals surface area contributed by atoms with Crippen molar-refractivity contribution in [2.75, 3.05) is 32.1 Å². The molecule has 0 saturated heterocycles. The lowest BCUT2D eigenvalue weighted by atomic mass is 10.2. The molecular formula is C10H18N4O2S. The van der Waals surface area contributed by atoms with Gasteiger partial charge in [0.1, 0.15) is 0 Å². The van der Waals surface area contributed by atoms with Crippen molar-refractivity contribution < 1.29 is 9.53 Å². The third-order valence-corrected chi connectivity index (χ3v) is 2.89. The van der Waals surface area contributed by atoms with E-state index in [1.54, 1.807) is 7.11 Å². The van der Waals surface area contributed by atoms with Gasteiger partial charge >= 0.3 is 0 Å². The van der Waals surface area contributed by atoms with Crippen LogP contribution in [0.25, 0.3) is 0 Å². The van der Waals surface area contributed by atoms with Crippen molar-refractivity contribution in [1.29, 1.82) is 0 Å². The zero-order valence-electron chi connectivity index (χ0n) is 10.3. The summed E-state index contributed by atoms with van der Waals surface area (Å²) >= 11 is 1.25. The second-order valence-electron chi connectivity index (χ2n) is 3.71. The van der Waals surface area contributed by atoms with Crippen LogP contribution in [0.4, 0.5) is 5.13 Å². The second kappa shape index (κ2) is 7.18. The minimum Gasteiger partial charge on any atom is -0.384 e. The van der Waals surface area contributed by atoms with Crippen molar-refractivity contribution in [2.45, 2.75) is 13.8 Å². The summed E-state index contributed by atoms with van der Waals surface area (Å²) in [6.45, 7) is 5.93. The molecule has 0 radical (unpaired) electrons. The van der Waals surface area contributed by atoms with E-state index in [4.69, 9.17) is 4.74 Å². The summed E-state index contributed by atoms with van der Waals surface area (Å²) in [5.74, 6) is 0.0970. The predicted octanol–water partition coefficient (Wildman–Crippen LogP) is 0.982. The summed E-state index contributed by atoms with van der Waals surface area (Å²) < 4.78 is 4.99. The average molecular weight is 258 g/mol. The van der Waals surface area contributed by atoms with Crippen molar-refractivity contribution in [3.8, 4) is 0 Å². The molecule has 0 aromatic carbocycles. The van der Waals surface area contributed by atoms with E-state index < -0.39 is 0 Å². The Balaban J connectivity index is 2.40. The van der Waals surface area contributed by atoms with E-state index in [1.807, 2.05) is 13.8 Å². The Kier molecular flexibility index (Phi) is 5.85. The molecule has 0 spiro atoms. The van der Waals surface area contributed by atoms with Crippen molar-refractivity contribution in [2.24, 2.45) is 5.92 Å². The molecule has 17 heavy (non-hydrogen) atoms. The number of rotatable bonds is 7. The molecule has 7 heteroatoms. The van der Waals surface area contributed by atoms with Crippen LogP contribution in [0.15, 0.2) is 0 Å². The van der Waals surface area contributed by atoms with Crippen LogP contribution >= 0.6 is 11.3 Å². The highest BCUT2D eigenvalue weighted by Gasteiger charge is 2.13. The van der Waals surface area contributed by atoms with Gasteiger partial charge in [0.15, 0.2) is 0 Å². The van der Waals surface area contributed by atoms with Crippen molar-refractivity contribution >= 4 is 22.4 Å². The molecule has 1 unspecified atom stereocenters. The van der Waals surface area contributed by atoms with Gasteiger partial charge in [-0.2, -0.15) is 0 Å². The van der Waals surface area contributed by atoms with Crippen LogP contribution in [-0.4, -0.2) is 42.9 Å². The Hall–Kier alpha value is -1.21. The summed E-state index contributed by atoms with van der Waals surface area (Å²) in [6, 6.07) is 0. The summed E-state index contributed by atoms with van der Waals surface area (Å²) in [5, 5.41) is 14.5. The van der Waals surface area contributed by atoms with Crippen molar-refractivity contribution in [1.82, 2.24) is 15.5 Å². The molecule has 0 aliphatic heterocycles. The van der Waals surface area contributed by atoms with Gasteiger partial charge in [-0.25, -0.2) is 0 Å². The lowest BCUT2D eigenvalue weighted by molar-refractivity contribution is 0.0933. The monoisotopic (exact) mass is 258 g/mol. The molecule has 1 amide bonds. The number of ether oxygens (including phenoxy) is 1. The van der Waals surface area contributed by atoms with Crippen molar-refractivity contribution in [3.63, 3.8) is 0 Å². The highest BCUT2D eigenvalue weighted by atomic mass is 32.1. The molecule has 96 valence electrons. The topological polar surface area (TPSA) is 76.1 Å². The number of amides is 1. The largest absolute Gasteiger partial charge is 0.384 e. The highest BCUT2D eigenvalue weighted by Crippen LogP contribution is 2.14. The maximum atomic E-state index is 11.7. The fourth-order valence-corrected chi connectivity index (χ4v) is 1.95. The Morgan fingerprint density at radius 3 is 2.94 bits per heavy atom. The van der Waals surface area contributed by atoms with Crippen LogP contribution in [0.5, 0.6) is 0 Å². The first-order valence-electron chi connectivity index (χ1n) is 5.51. The van der Waals surface area contributed by atoms with E-state index in [2.05, 4.69) is 20.8 Å². The molecule has 2 N–H and O–H groups in total. The lowest BCUT2D eigenvalue weighted by Gasteiger charge is -2.09. The SMILES string of the molecule is CCNc1nnc(C(=O)NCC(C)COC)s1. The summed E-state index contributed by atoms with van der Waals surface area (Å²) in [6.07, 6.45) is 0. The first-order chi connectivity index (χ1) is 8.17. The fraction of sp³-hybridized carbons (Fsp3) is 0.700. The zero-order chi connectivity index (χ0) is 12.7. The highest BCUT2D eigenvalue weighted by molar-refractivity contribution is 7.17. The molecule has 0 bridgehead atoms. The molecule has 0 aliphatic carbocycles. The summed E-state index contributed by atoms with van der Waals surface area (Å²) in [7, 11) is 1.64. The number of carbonyl (C=O) groups is 1. The van der Waals surface area contributed by atoms with Crippen LogP contribution in [-0.2, 0) is 4.74 Å². The molecule has 0 fully saturated rings. The van der Waals surface area contributed by atoms with Gasteiger partial charge < -0.3 is 15.4 Å². The molecule has 6 nitrogen and oxygen atoms in total. The van der Waals surface area contributed by atoms with E-state index >= 15 is 0 Å². The lowest BCUT2D eigenvalue weighted by Crippen LogP contribution is -2.29. The fourth-order valence-electron chi connectivity index (χ4n) is 1.22. The van der Waals surface area contributed by atoms with Crippen LogP contribution < -0.4 is 10.6 Å². The molecule has 1 rings (SSSR count). The molecule has 1 aromatic rings. The maximum Gasteiger partial charge on any atom is 0.282 e. The minimum absolute atomic E-state index is 0.186. The normalized spacial score (nSPS) is 12.2. The van der Waals surface area contributed by atoms with Gasteiger partial charge in [0, 0.05) is 20.2 Å². The summed E-state index contributed by atoms with van der Waals surface area (Å²) in [4.78, 5) is 11.7. The zero-order valence-corrected chi connectivity index (χ0v) is 11.1. The average Bonchev–Trinajstić information content (AvgIpc) is 2.75. The van der Waals surface area contributed by atoms with Gasteiger partial charge in [0.05, 0.1) is 6.61 Å².